The molecule has 3 nitrogen and oxygen atoms in total. The molecular weight excluding hydrogens is 310 g/mol. The molecule has 0 N–H and O–H groups in total. The molecule has 0 saturated heterocycles. The van der Waals surface area contributed by atoms with Crippen molar-refractivity contribution in [2.75, 3.05) is 6.61 Å². The number of carbonyl (C=O) groups is 1. The van der Waals surface area contributed by atoms with E-state index >= 15 is 0 Å². The van der Waals surface area contributed by atoms with Gasteiger partial charge in [-0.25, -0.2) is 4.79 Å². The zero-order chi connectivity index (χ0) is 13.7. The number of ether oxygens (including phenoxy) is 2. The number of hydrogen-bond donors (Lipinski definition) is 0. The minimum Gasteiger partial charge on any atom is -0.462 e. The number of halogens is 3. The molecule has 18 heavy (non-hydrogen) atoms. The lowest BCUT2D eigenvalue weighted by Gasteiger charge is -2.13. The fraction of sp³-hybridized carbons (Fsp3) is 0.417. The van der Waals surface area contributed by atoms with Crippen molar-refractivity contribution in [3.63, 3.8) is 0 Å². The summed E-state index contributed by atoms with van der Waals surface area (Å²) < 4.78 is 33.7. The lowest BCUT2D eigenvalue weighted by Crippen LogP contribution is -2.11. The van der Waals surface area contributed by atoms with Gasteiger partial charge in [-0.3, -0.25) is 0 Å². The maximum atomic E-state index is 12.3. The van der Waals surface area contributed by atoms with E-state index < -0.39 is 12.6 Å². The molecule has 0 fully saturated rings. The summed E-state index contributed by atoms with van der Waals surface area (Å²) in [5.41, 5.74) is 1.59. The second-order valence-electron chi connectivity index (χ2n) is 3.51. The summed E-state index contributed by atoms with van der Waals surface area (Å²) >= 11 is 3.26. The van der Waals surface area contributed by atoms with Crippen molar-refractivity contribution in [2.24, 2.45) is 0 Å². The van der Waals surface area contributed by atoms with E-state index in [9.17, 15) is 13.6 Å². The van der Waals surface area contributed by atoms with Crippen LogP contribution in [0, 0.1) is 6.92 Å². The Morgan fingerprint density at radius 1 is 1.44 bits per heavy atom. The molecule has 0 unspecified atom stereocenters. The van der Waals surface area contributed by atoms with E-state index in [-0.39, 0.29) is 17.9 Å². The van der Waals surface area contributed by atoms with Crippen LogP contribution < -0.4 is 4.74 Å². The maximum absolute atomic E-state index is 12.3. The molecular formula is C12H13BrF2O3. The van der Waals surface area contributed by atoms with Gasteiger partial charge < -0.3 is 9.47 Å². The molecule has 0 bridgehead atoms. The third kappa shape index (κ3) is 3.66. The average molecular weight is 323 g/mol. The quantitative estimate of drug-likeness (QED) is 0.613. The van der Waals surface area contributed by atoms with Crippen molar-refractivity contribution in [1.29, 1.82) is 0 Å². The van der Waals surface area contributed by atoms with Crippen LogP contribution in [0.5, 0.6) is 5.75 Å². The summed E-state index contributed by atoms with van der Waals surface area (Å²) in [4.78, 5) is 11.7. The molecule has 6 heteroatoms. The van der Waals surface area contributed by atoms with Crippen molar-refractivity contribution in [3.8, 4) is 5.75 Å². The summed E-state index contributed by atoms with van der Waals surface area (Å²) in [7, 11) is 0. The number of carbonyl (C=O) groups excluding carboxylic acids is 1. The normalized spacial score (nSPS) is 10.6. The Morgan fingerprint density at radius 2 is 2.11 bits per heavy atom. The summed E-state index contributed by atoms with van der Waals surface area (Å²) in [6.07, 6.45) is 0. The highest BCUT2D eigenvalue weighted by molar-refractivity contribution is 9.08. The van der Waals surface area contributed by atoms with Gasteiger partial charge >= 0.3 is 12.6 Å². The lowest BCUT2D eigenvalue weighted by atomic mass is 10.1. The van der Waals surface area contributed by atoms with E-state index in [1.807, 2.05) is 0 Å². The van der Waals surface area contributed by atoms with Crippen molar-refractivity contribution in [1.82, 2.24) is 0 Å². The van der Waals surface area contributed by atoms with Crippen LogP contribution in [0.1, 0.15) is 28.4 Å². The first-order valence-electron chi connectivity index (χ1n) is 5.31. The van der Waals surface area contributed by atoms with Gasteiger partial charge in [0.2, 0.25) is 0 Å². The van der Waals surface area contributed by atoms with Gasteiger partial charge in [0.25, 0.3) is 0 Å². The van der Waals surface area contributed by atoms with Crippen molar-refractivity contribution < 1.29 is 23.0 Å². The molecule has 0 aliphatic rings. The zero-order valence-electron chi connectivity index (χ0n) is 10.0. The van der Waals surface area contributed by atoms with Crippen molar-refractivity contribution in [3.05, 3.63) is 28.8 Å². The minimum absolute atomic E-state index is 0.0113. The van der Waals surface area contributed by atoms with Crippen LogP contribution in [0.4, 0.5) is 8.78 Å². The van der Waals surface area contributed by atoms with Gasteiger partial charge in [-0.1, -0.05) is 15.9 Å². The monoisotopic (exact) mass is 322 g/mol. The van der Waals surface area contributed by atoms with E-state index in [1.54, 1.807) is 13.8 Å². The standard InChI is InChI=1S/C12H13BrF2O3/c1-3-17-11(16)9-5-8(6-13)7(2)4-10(9)18-12(14)15/h4-5,12H,3,6H2,1-2H3. The molecule has 0 spiro atoms. The van der Waals surface area contributed by atoms with Gasteiger partial charge in [-0.2, -0.15) is 8.78 Å². The van der Waals surface area contributed by atoms with Gasteiger partial charge in [0.05, 0.1) is 6.61 Å². The van der Waals surface area contributed by atoms with Gasteiger partial charge in [0.15, 0.2) is 0 Å². The van der Waals surface area contributed by atoms with E-state index in [2.05, 4.69) is 20.7 Å². The number of hydrogen-bond acceptors (Lipinski definition) is 3. The third-order valence-corrected chi connectivity index (χ3v) is 2.90. The molecule has 0 amide bonds. The minimum atomic E-state index is -2.98. The Hall–Kier alpha value is -1.17. The Balaban J connectivity index is 3.20. The van der Waals surface area contributed by atoms with E-state index in [0.717, 1.165) is 11.1 Å². The number of benzene rings is 1. The average Bonchev–Trinajstić information content (AvgIpc) is 2.28. The molecule has 0 saturated carbocycles. The van der Waals surface area contributed by atoms with Crippen LogP contribution in [0.25, 0.3) is 0 Å². The summed E-state index contributed by atoms with van der Waals surface area (Å²) in [5, 5.41) is 0.514. The van der Waals surface area contributed by atoms with Gasteiger partial charge in [-0.05, 0) is 37.1 Å². The topological polar surface area (TPSA) is 35.5 Å². The molecule has 0 radical (unpaired) electrons. The number of esters is 1. The number of alkyl halides is 3. The summed E-state index contributed by atoms with van der Waals surface area (Å²) in [6, 6.07) is 2.91. The molecule has 0 heterocycles. The Bertz CT molecular complexity index is 436. The van der Waals surface area contributed by atoms with Crippen LogP contribution in [0.15, 0.2) is 12.1 Å². The molecule has 0 atom stereocenters. The smallest absolute Gasteiger partial charge is 0.387 e. The molecule has 1 rings (SSSR count). The third-order valence-electron chi connectivity index (χ3n) is 2.29. The highest BCUT2D eigenvalue weighted by atomic mass is 79.9. The van der Waals surface area contributed by atoms with Gasteiger partial charge in [-0.15, -0.1) is 0 Å². The van der Waals surface area contributed by atoms with Crippen LogP contribution in [-0.2, 0) is 10.1 Å². The van der Waals surface area contributed by atoms with Gasteiger partial charge in [0, 0.05) is 5.33 Å². The molecule has 1 aromatic rings. The molecule has 1 aromatic carbocycles. The van der Waals surface area contributed by atoms with Crippen LogP contribution in [0.2, 0.25) is 0 Å². The van der Waals surface area contributed by atoms with E-state index in [0.29, 0.717) is 5.33 Å². The van der Waals surface area contributed by atoms with E-state index in [1.165, 1.54) is 12.1 Å². The lowest BCUT2D eigenvalue weighted by molar-refractivity contribution is -0.0504. The van der Waals surface area contributed by atoms with Crippen molar-refractivity contribution in [2.45, 2.75) is 25.8 Å². The fourth-order valence-corrected chi connectivity index (χ4v) is 2.04. The second-order valence-corrected chi connectivity index (χ2v) is 4.07. The highest BCUT2D eigenvalue weighted by Crippen LogP contribution is 2.27. The zero-order valence-corrected chi connectivity index (χ0v) is 11.6. The molecule has 0 aliphatic heterocycles. The first-order valence-corrected chi connectivity index (χ1v) is 6.43. The fourth-order valence-electron chi connectivity index (χ4n) is 1.43. The molecule has 0 aromatic heterocycles. The maximum Gasteiger partial charge on any atom is 0.387 e. The SMILES string of the molecule is CCOC(=O)c1cc(CBr)c(C)cc1OC(F)F. The number of rotatable bonds is 5. The first-order chi connectivity index (χ1) is 8.49. The first kappa shape index (κ1) is 14.9. The van der Waals surface area contributed by atoms with Crippen LogP contribution in [0.3, 0.4) is 0 Å². The predicted molar refractivity (Wildman–Crippen MR) is 66.4 cm³/mol. The van der Waals surface area contributed by atoms with Crippen molar-refractivity contribution >= 4 is 21.9 Å². The number of aryl methyl sites for hydroxylation is 1. The summed E-state index contributed by atoms with van der Waals surface area (Å²) in [6.45, 7) is 0.590. The molecule has 100 valence electrons. The Kier molecular flexibility index (Phi) is 5.53. The van der Waals surface area contributed by atoms with Crippen LogP contribution >= 0.6 is 15.9 Å². The Labute approximate surface area is 112 Å². The Morgan fingerprint density at radius 3 is 2.61 bits per heavy atom. The largest absolute Gasteiger partial charge is 0.462 e. The second kappa shape index (κ2) is 6.68. The van der Waals surface area contributed by atoms with Gasteiger partial charge in [0.1, 0.15) is 11.3 Å². The van der Waals surface area contributed by atoms with Crippen LogP contribution in [-0.4, -0.2) is 19.2 Å². The predicted octanol–water partition coefficient (Wildman–Crippen LogP) is 3.67. The highest BCUT2D eigenvalue weighted by Gasteiger charge is 2.18. The summed E-state index contributed by atoms with van der Waals surface area (Å²) in [5.74, 6) is -0.832. The molecule has 0 aliphatic carbocycles. The van der Waals surface area contributed by atoms with E-state index in [4.69, 9.17) is 4.74 Å².